The number of aliphatic hydroxyl groups excluding tert-OH is 5. The fraction of sp³-hybridized carbons (Fsp3) is 0.706. The number of methoxy groups -OCH3 is 2. The Labute approximate surface area is 420 Å². The van der Waals surface area contributed by atoms with Crippen molar-refractivity contribution in [2.75, 3.05) is 34.9 Å². The molecule has 2 saturated heterocycles. The Kier molecular flexibility index (Phi) is 23.7. The molecule has 71 heavy (non-hydrogen) atoms. The number of allylic oxidation sites excluding steroid dienone is 7. The minimum absolute atomic E-state index is 0.0661. The first kappa shape index (κ1) is 61.9. The van der Waals surface area contributed by atoms with Gasteiger partial charge >= 0.3 is 7.82 Å². The zero-order chi connectivity index (χ0) is 53.8. The number of nitriles is 1. The van der Waals surface area contributed by atoms with Crippen LogP contribution in [0.15, 0.2) is 63.9 Å². The number of hydrogen-bond donors (Lipinski definition) is 8. The predicted molar refractivity (Wildman–Crippen MR) is 267 cm³/mol. The molecular formula is C51H83N4O15P. The number of amides is 1. The van der Waals surface area contributed by atoms with Gasteiger partial charge in [0, 0.05) is 68.3 Å². The van der Waals surface area contributed by atoms with Crippen molar-refractivity contribution in [3.63, 3.8) is 0 Å². The van der Waals surface area contributed by atoms with Crippen LogP contribution in [-0.2, 0) is 32.8 Å². The van der Waals surface area contributed by atoms with Crippen molar-refractivity contribution in [2.45, 2.75) is 174 Å². The minimum atomic E-state index is -5.16. The largest absolute Gasteiger partial charge is 0.469 e. The molecule has 3 heterocycles. The summed E-state index contributed by atoms with van der Waals surface area (Å²) < 4.78 is 48.3. The first-order chi connectivity index (χ1) is 33.0. The van der Waals surface area contributed by atoms with E-state index >= 15 is 0 Å². The summed E-state index contributed by atoms with van der Waals surface area (Å²) in [6.07, 6.45) is 4.05. The third-order valence-corrected chi connectivity index (χ3v) is 14.7. The average Bonchev–Trinajstić information content (AvgIpc) is 3.84. The van der Waals surface area contributed by atoms with Crippen molar-refractivity contribution < 1.29 is 72.6 Å². The molecule has 0 aromatic carbocycles. The number of carbonyl (C=O) groups is 1. The molecule has 8 N–H and O–H groups in total. The maximum atomic E-state index is 12.8. The van der Waals surface area contributed by atoms with Crippen molar-refractivity contribution in [2.24, 2.45) is 23.2 Å². The molecule has 2 fully saturated rings. The smallest absolute Gasteiger partial charge is 0.448 e. The van der Waals surface area contributed by atoms with Crippen LogP contribution in [-0.4, -0.2) is 159 Å². The second-order valence-electron chi connectivity index (χ2n) is 20.4. The molecule has 3 rings (SSSR count). The van der Waals surface area contributed by atoms with Crippen LogP contribution in [0.4, 0.5) is 0 Å². The zero-order valence-corrected chi connectivity index (χ0v) is 44.9. The second-order valence-corrected chi connectivity index (χ2v) is 21.6. The molecule has 2 unspecified atom stereocenters. The van der Waals surface area contributed by atoms with Gasteiger partial charge in [-0.2, -0.15) is 5.26 Å². The summed E-state index contributed by atoms with van der Waals surface area (Å²) >= 11 is 0. The number of nitrogens with one attached hydrogen (secondary N) is 1. The minimum Gasteiger partial charge on any atom is -0.448 e. The number of phosphoric acid groups is 1. The summed E-state index contributed by atoms with van der Waals surface area (Å²) in [5, 5.41) is 67.4. The summed E-state index contributed by atoms with van der Waals surface area (Å²) in [7, 11) is 1.13. The van der Waals surface area contributed by atoms with Gasteiger partial charge in [-0.15, -0.1) is 0 Å². The lowest BCUT2D eigenvalue weighted by Gasteiger charge is -2.50. The third-order valence-electron chi connectivity index (χ3n) is 14.2. The van der Waals surface area contributed by atoms with Crippen molar-refractivity contribution in [3.8, 4) is 6.07 Å². The standard InChI is InChI=1S/C51H83N4O15P/c1-29(21-22-52)17-15-18-30(2)31(3)23-32(4)43(58)36(8)39(56)25-42(66-14)46-47(70-71(62,63)64)50(9,10)51(69-46)26-40(57)35(7)41(68-51)20-16-19-37-27-67-49(54-37)33(5)24-34(6)53-48(61)45(60)44(59)38(28-65-13)55(11)12/h15-19,21,23,27,32-36,38-47,56-60H,20,24-26,28H2,1-14H3,(H,53,61)(H2,62,63,64)/b17-15+,19-16+,29-21-,30-18-,31-23+/t32-,33+,34-,35+,36+,38?,39+,40-,41+,42+,43-,44+,45+,46-,47+,51?/m0/s1. The monoisotopic (exact) mass is 1020 g/mol. The average molecular weight is 1020 g/mol. The van der Waals surface area contributed by atoms with Crippen LogP contribution >= 0.6 is 7.82 Å². The third kappa shape index (κ3) is 16.8. The number of ether oxygens (including phenoxy) is 4. The molecule has 19 nitrogen and oxygen atoms in total. The van der Waals surface area contributed by atoms with E-state index in [0.717, 1.165) is 16.7 Å². The van der Waals surface area contributed by atoms with E-state index < -0.39 is 104 Å². The first-order valence-electron chi connectivity index (χ1n) is 24.2. The van der Waals surface area contributed by atoms with Gasteiger partial charge < -0.3 is 68.9 Å². The highest BCUT2D eigenvalue weighted by molar-refractivity contribution is 7.46. The van der Waals surface area contributed by atoms with E-state index in [1.54, 1.807) is 52.8 Å². The lowest BCUT2D eigenvalue weighted by atomic mass is 9.72. The molecule has 1 aromatic heterocycles. The normalized spacial score (nSPS) is 27.8. The van der Waals surface area contributed by atoms with E-state index in [4.69, 9.17) is 33.2 Å². The van der Waals surface area contributed by atoms with Gasteiger partial charge in [0.15, 0.2) is 17.8 Å². The number of carbonyl (C=O) groups excluding carboxylic acids is 1. The van der Waals surface area contributed by atoms with E-state index in [9.17, 15) is 44.7 Å². The maximum Gasteiger partial charge on any atom is 0.469 e. The molecule has 0 bridgehead atoms. The Morgan fingerprint density at radius 2 is 1.72 bits per heavy atom. The number of oxazole rings is 1. The number of aliphatic hydroxyl groups is 5. The summed E-state index contributed by atoms with van der Waals surface area (Å²) in [4.78, 5) is 39.5. The SMILES string of the molecule is COCC([C@@H](O)[C@@H](O)C(=O)N[C@@H](C)C[C@@H](C)c1nc(/C=C/C[C@H]2OC3(C[C@H](O)[C@H]2C)O[C@@H]([C@@H](C[C@@H](O)[C@@H](C)[C@@H](O)[C@@H](C)/C=C(C)/C(C)=C\C=C\C(C)=C/C#N)OC)[C@@H](OP(=O)(O)O)C3(C)C)co1)N(C)C. The van der Waals surface area contributed by atoms with Gasteiger partial charge in [0.2, 0.25) is 0 Å². The number of hydrogen-bond acceptors (Lipinski definition) is 16. The van der Waals surface area contributed by atoms with E-state index in [1.165, 1.54) is 26.6 Å². The van der Waals surface area contributed by atoms with E-state index in [1.807, 2.05) is 78.0 Å². The summed E-state index contributed by atoms with van der Waals surface area (Å²) in [5.41, 5.74) is 1.87. The van der Waals surface area contributed by atoms with Crippen LogP contribution < -0.4 is 5.32 Å². The molecule has 1 spiro atoms. The number of phosphoric ester groups is 1. The molecule has 2 aliphatic heterocycles. The Balaban J connectivity index is 1.76. The van der Waals surface area contributed by atoms with Gasteiger partial charge in [0.25, 0.3) is 5.91 Å². The predicted octanol–water partition coefficient (Wildman–Crippen LogP) is 5.08. The van der Waals surface area contributed by atoms with Crippen molar-refractivity contribution >= 4 is 19.8 Å². The molecule has 402 valence electrons. The lowest BCUT2D eigenvalue weighted by molar-refractivity contribution is -0.334. The topological polar surface area (TPSA) is 287 Å². The van der Waals surface area contributed by atoms with E-state index in [-0.39, 0.29) is 37.7 Å². The number of nitrogens with zero attached hydrogens (tertiary/aromatic N) is 3. The highest BCUT2D eigenvalue weighted by Gasteiger charge is 2.68. The molecule has 0 radical (unpaired) electrons. The molecular weight excluding hydrogens is 940 g/mol. The molecule has 0 saturated carbocycles. The highest BCUT2D eigenvalue weighted by atomic mass is 31.2. The van der Waals surface area contributed by atoms with E-state index in [0.29, 0.717) is 18.0 Å². The van der Waals surface area contributed by atoms with Crippen LogP contribution in [0.25, 0.3) is 6.08 Å². The number of aromatic nitrogens is 1. The van der Waals surface area contributed by atoms with E-state index in [2.05, 4.69) is 10.3 Å². The van der Waals surface area contributed by atoms with Gasteiger partial charge in [0.05, 0.1) is 49.2 Å². The van der Waals surface area contributed by atoms with Crippen LogP contribution in [0.3, 0.4) is 0 Å². The first-order valence-corrected chi connectivity index (χ1v) is 25.8. The Morgan fingerprint density at radius 1 is 1.06 bits per heavy atom. The zero-order valence-electron chi connectivity index (χ0n) is 44.0. The Morgan fingerprint density at radius 3 is 2.31 bits per heavy atom. The molecule has 0 aliphatic carbocycles. The van der Waals surface area contributed by atoms with Gasteiger partial charge in [-0.05, 0) is 71.9 Å². The van der Waals surface area contributed by atoms with Crippen molar-refractivity contribution in [1.82, 2.24) is 15.2 Å². The number of rotatable bonds is 26. The Hall–Kier alpha value is -3.42. The van der Waals surface area contributed by atoms with Gasteiger partial charge in [-0.1, -0.05) is 77.5 Å². The van der Waals surface area contributed by atoms with Crippen LogP contribution in [0.2, 0.25) is 0 Å². The van der Waals surface area contributed by atoms with Gasteiger partial charge in [-0.25, -0.2) is 9.55 Å². The van der Waals surface area contributed by atoms with Crippen molar-refractivity contribution in [3.05, 3.63) is 71.0 Å². The molecule has 1 aromatic rings. The van der Waals surface area contributed by atoms with Gasteiger partial charge in [0.1, 0.15) is 30.3 Å². The van der Waals surface area contributed by atoms with Crippen LogP contribution in [0.5, 0.6) is 0 Å². The second kappa shape index (κ2) is 27.2. The van der Waals surface area contributed by atoms with Crippen molar-refractivity contribution in [1.29, 1.82) is 5.26 Å². The lowest BCUT2D eigenvalue weighted by Crippen LogP contribution is -2.58. The molecule has 16 atom stereocenters. The quantitative estimate of drug-likeness (QED) is 0.0341. The summed E-state index contributed by atoms with van der Waals surface area (Å²) in [6.45, 7) is 18.2. The fourth-order valence-corrected chi connectivity index (χ4v) is 10.0. The van der Waals surface area contributed by atoms with Gasteiger partial charge in [-0.3, -0.25) is 9.32 Å². The maximum absolute atomic E-state index is 12.8. The van der Waals surface area contributed by atoms with Crippen LogP contribution in [0.1, 0.15) is 112 Å². The highest BCUT2D eigenvalue weighted by Crippen LogP contribution is 2.59. The van der Waals surface area contributed by atoms with Crippen LogP contribution in [0, 0.1) is 34.5 Å². The molecule has 1 amide bonds. The Bertz CT molecular complexity index is 2110. The summed E-state index contributed by atoms with van der Waals surface area (Å²) in [6, 6.07) is 0.980. The fourth-order valence-electron chi connectivity index (χ4n) is 9.34. The molecule has 2 aliphatic rings. The number of likely N-dealkylation sites (N-methyl/N-ethyl adjacent to an activating group) is 1. The molecule has 20 heteroatoms. The summed E-state index contributed by atoms with van der Waals surface area (Å²) in [5.74, 6) is -3.67.